The molecule has 0 spiro atoms. The van der Waals surface area contributed by atoms with Crippen molar-refractivity contribution in [1.29, 1.82) is 0 Å². The topological polar surface area (TPSA) is 71.3 Å². The van der Waals surface area contributed by atoms with Gasteiger partial charge in [-0.25, -0.2) is 0 Å². The number of aromatic amines is 1. The van der Waals surface area contributed by atoms with E-state index in [0.717, 1.165) is 11.4 Å². The fourth-order valence-corrected chi connectivity index (χ4v) is 1.43. The zero-order chi connectivity index (χ0) is 11.4. The molecule has 0 aliphatic heterocycles. The number of rotatable bonds is 4. The summed E-state index contributed by atoms with van der Waals surface area (Å²) in [5.74, 6) is 0.843. The zero-order valence-corrected chi connectivity index (χ0v) is 8.81. The Morgan fingerprint density at radius 2 is 2.00 bits per heavy atom. The van der Waals surface area contributed by atoms with E-state index in [1.165, 1.54) is 0 Å². The van der Waals surface area contributed by atoms with Crippen LogP contribution in [0.25, 0.3) is 0 Å². The minimum atomic E-state index is 0.201. The first kappa shape index (κ1) is 10.6. The van der Waals surface area contributed by atoms with E-state index in [1.54, 1.807) is 24.3 Å². The summed E-state index contributed by atoms with van der Waals surface area (Å²) in [4.78, 5) is 3.14. The minimum Gasteiger partial charge on any atom is -0.508 e. The van der Waals surface area contributed by atoms with Crippen LogP contribution in [0.3, 0.4) is 0 Å². The van der Waals surface area contributed by atoms with Gasteiger partial charge in [-0.1, -0.05) is 6.07 Å². The molecule has 0 bridgehead atoms. The van der Waals surface area contributed by atoms with E-state index < -0.39 is 0 Å². The third kappa shape index (κ3) is 2.55. The first-order chi connectivity index (χ1) is 7.78. The van der Waals surface area contributed by atoms with Crippen LogP contribution in [-0.4, -0.2) is 10.1 Å². The molecular formula is C12H14N2O2. The number of phenolic OH excluding ortho intramolecular Hbond substituents is 1. The van der Waals surface area contributed by atoms with Crippen molar-refractivity contribution in [2.45, 2.75) is 13.2 Å². The van der Waals surface area contributed by atoms with Gasteiger partial charge in [0.2, 0.25) is 0 Å². The van der Waals surface area contributed by atoms with Crippen LogP contribution in [0.2, 0.25) is 0 Å². The van der Waals surface area contributed by atoms with Crippen LogP contribution in [0.15, 0.2) is 36.4 Å². The van der Waals surface area contributed by atoms with Gasteiger partial charge >= 0.3 is 0 Å². The summed E-state index contributed by atoms with van der Waals surface area (Å²) in [6, 6.07) is 10.6. The molecule has 0 aliphatic rings. The van der Waals surface area contributed by atoms with Crippen LogP contribution in [0, 0.1) is 0 Å². The second kappa shape index (κ2) is 4.72. The third-order valence-corrected chi connectivity index (χ3v) is 2.24. The normalized spacial score (nSPS) is 10.3. The summed E-state index contributed by atoms with van der Waals surface area (Å²) in [5, 5.41) is 9.25. The summed E-state index contributed by atoms with van der Waals surface area (Å²) in [6.45, 7) is 0.926. The predicted octanol–water partition coefficient (Wildman–Crippen LogP) is 1.76. The number of nitrogens with two attached hydrogens (primary N) is 1. The van der Waals surface area contributed by atoms with Crippen LogP contribution in [0.5, 0.6) is 11.5 Å². The van der Waals surface area contributed by atoms with E-state index in [9.17, 15) is 5.11 Å². The Hall–Kier alpha value is -1.94. The molecule has 0 unspecified atom stereocenters. The number of aromatic hydroxyl groups is 1. The second-order valence-corrected chi connectivity index (χ2v) is 3.50. The quantitative estimate of drug-likeness (QED) is 0.732. The molecule has 0 amide bonds. The van der Waals surface area contributed by atoms with Crippen LogP contribution >= 0.6 is 0 Å². The SMILES string of the molecule is NCc1ccc(COc2cccc(O)c2)[nH]1. The van der Waals surface area contributed by atoms with Gasteiger partial charge in [-0.2, -0.15) is 0 Å². The molecule has 4 N–H and O–H groups in total. The van der Waals surface area contributed by atoms with Gasteiger partial charge in [0.05, 0.1) is 5.69 Å². The second-order valence-electron chi connectivity index (χ2n) is 3.50. The lowest BCUT2D eigenvalue weighted by Gasteiger charge is -2.04. The van der Waals surface area contributed by atoms with Crippen LogP contribution < -0.4 is 10.5 Å². The lowest BCUT2D eigenvalue weighted by atomic mass is 10.3. The average Bonchev–Trinajstić information content (AvgIpc) is 2.74. The van der Waals surface area contributed by atoms with Crippen molar-refractivity contribution in [2.75, 3.05) is 0 Å². The average molecular weight is 218 g/mol. The first-order valence-corrected chi connectivity index (χ1v) is 5.06. The highest BCUT2D eigenvalue weighted by atomic mass is 16.5. The highest BCUT2D eigenvalue weighted by Gasteiger charge is 1.99. The smallest absolute Gasteiger partial charge is 0.128 e. The number of ether oxygens (including phenoxy) is 1. The number of H-pyrrole nitrogens is 1. The Labute approximate surface area is 93.7 Å². The van der Waals surface area contributed by atoms with Crippen molar-refractivity contribution in [3.8, 4) is 11.5 Å². The molecule has 1 aromatic heterocycles. The number of benzene rings is 1. The minimum absolute atomic E-state index is 0.201. The Morgan fingerprint density at radius 3 is 2.69 bits per heavy atom. The van der Waals surface area contributed by atoms with E-state index >= 15 is 0 Å². The van der Waals surface area contributed by atoms with E-state index in [2.05, 4.69) is 4.98 Å². The highest BCUT2D eigenvalue weighted by molar-refractivity contribution is 5.31. The van der Waals surface area contributed by atoms with Crippen LogP contribution in [0.1, 0.15) is 11.4 Å². The number of hydrogen-bond donors (Lipinski definition) is 3. The largest absolute Gasteiger partial charge is 0.508 e. The van der Waals surface area contributed by atoms with Gasteiger partial charge in [-0.3, -0.25) is 0 Å². The molecule has 0 saturated carbocycles. The molecule has 0 saturated heterocycles. The Morgan fingerprint density at radius 1 is 1.19 bits per heavy atom. The molecule has 4 heteroatoms. The van der Waals surface area contributed by atoms with Crippen molar-refractivity contribution in [2.24, 2.45) is 5.73 Å². The van der Waals surface area contributed by atoms with E-state index in [-0.39, 0.29) is 5.75 Å². The number of nitrogens with one attached hydrogen (secondary N) is 1. The molecule has 84 valence electrons. The lowest BCUT2D eigenvalue weighted by Crippen LogP contribution is -1.99. The Kier molecular flexibility index (Phi) is 3.12. The van der Waals surface area contributed by atoms with Gasteiger partial charge in [0, 0.05) is 18.3 Å². The molecule has 16 heavy (non-hydrogen) atoms. The molecule has 1 heterocycles. The number of hydrogen-bond acceptors (Lipinski definition) is 3. The first-order valence-electron chi connectivity index (χ1n) is 5.06. The van der Waals surface area contributed by atoms with E-state index in [4.69, 9.17) is 10.5 Å². The number of phenols is 1. The molecule has 0 fully saturated rings. The van der Waals surface area contributed by atoms with Crippen LogP contribution in [-0.2, 0) is 13.2 Å². The van der Waals surface area contributed by atoms with Crippen molar-refractivity contribution in [3.05, 3.63) is 47.8 Å². The molecule has 0 aliphatic carbocycles. The maximum absolute atomic E-state index is 9.25. The Bertz CT molecular complexity index is 466. The van der Waals surface area contributed by atoms with Crippen molar-refractivity contribution in [1.82, 2.24) is 4.98 Å². The monoisotopic (exact) mass is 218 g/mol. The summed E-state index contributed by atoms with van der Waals surface area (Å²) < 4.78 is 5.50. The fourth-order valence-electron chi connectivity index (χ4n) is 1.43. The Balaban J connectivity index is 1.96. The molecule has 4 nitrogen and oxygen atoms in total. The van der Waals surface area contributed by atoms with Crippen molar-refractivity contribution in [3.63, 3.8) is 0 Å². The highest BCUT2D eigenvalue weighted by Crippen LogP contribution is 2.18. The number of aromatic nitrogens is 1. The standard InChI is InChI=1S/C12H14N2O2/c13-7-9-4-5-10(14-9)8-16-12-3-1-2-11(15)6-12/h1-6,14-15H,7-8,13H2. The summed E-state index contributed by atoms with van der Waals surface area (Å²) in [6.07, 6.45) is 0. The maximum atomic E-state index is 9.25. The molecule has 1 aromatic carbocycles. The van der Waals surface area contributed by atoms with Gasteiger partial charge in [-0.15, -0.1) is 0 Å². The molecule has 0 radical (unpaired) electrons. The summed E-state index contributed by atoms with van der Waals surface area (Å²) >= 11 is 0. The summed E-state index contributed by atoms with van der Waals surface area (Å²) in [7, 11) is 0. The fraction of sp³-hybridized carbons (Fsp3) is 0.167. The van der Waals surface area contributed by atoms with Gasteiger partial charge < -0.3 is 20.6 Å². The van der Waals surface area contributed by atoms with E-state index in [0.29, 0.717) is 18.9 Å². The maximum Gasteiger partial charge on any atom is 0.128 e. The summed E-state index contributed by atoms with van der Waals surface area (Å²) in [5.41, 5.74) is 7.43. The predicted molar refractivity (Wildman–Crippen MR) is 61.1 cm³/mol. The molecule has 0 atom stereocenters. The van der Waals surface area contributed by atoms with Crippen molar-refractivity contribution >= 4 is 0 Å². The molecule has 2 aromatic rings. The van der Waals surface area contributed by atoms with Crippen LogP contribution in [0.4, 0.5) is 0 Å². The van der Waals surface area contributed by atoms with Gasteiger partial charge in [-0.05, 0) is 24.3 Å². The molecule has 2 rings (SSSR count). The third-order valence-electron chi connectivity index (χ3n) is 2.24. The molecular weight excluding hydrogens is 204 g/mol. The van der Waals surface area contributed by atoms with Crippen molar-refractivity contribution < 1.29 is 9.84 Å². The van der Waals surface area contributed by atoms with Gasteiger partial charge in [0.1, 0.15) is 18.1 Å². The van der Waals surface area contributed by atoms with E-state index in [1.807, 2.05) is 12.1 Å². The van der Waals surface area contributed by atoms with Gasteiger partial charge in [0.15, 0.2) is 0 Å². The zero-order valence-electron chi connectivity index (χ0n) is 8.81. The lowest BCUT2D eigenvalue weighted by molar-refractivity contribution is 0.300. The van der Waals surface area contributed by atoms with Gasteiger partial charge in [0.25, 0.3) is 0 Å².